The number of nitrogens with zero attached hydrogens (tertiary/aromatic N) is 2. The second-order valence-electron chi connectivity index (χ2n) is 10.4. The lowest BCUT2D eigenvalue weighted by molar-refractivity contribution is 0.281. The Labute approximate surface area is 266 Å². The zero-order valence-corrected chi connectivity index (χ0v) is 29.9. The maximum atomic E-state index is 13.6. The van der Waals surface area contributed by atoms with Gasteiger partial charge in [0.25, 0.3) is 0 Å². The molecule has 2 N–H and O–H groups in total. The monoisotopic (exact) mass is 599 g/mol. The molecule has 0 radical (unpaired) electrons. The van der Waals surface area contributed by atoms with Gasteiger partial charge in [-0.1, -0.05) is 118 Å². The van der Waals surface area contributed by atoms with Crippen molar-refractivity contribution >= 4 is 12.1 Å². The van der Waals surface area contributed by atoms with E-state index in [9.17, 15) is 4.39 Å². The van der Waals surface area contributed by atoms with Crippen molar-refractivity contribution in [2.45, 2.75) is 114 Å². The summed E-state index contributed by atoms with van der Waals surface area (Å²) in [6.45, 7) is 37.3. The predicted molar refractivity (Wildman–Crippen MR) is 196 cm³/mol. The van der Waals surface area contributed by atoms with Gasteiger partial charge in [-0.3, -0.25) is 4.99 Å². The van der Waals surface area contributed by atoms with Crippen molar-refractivity contribution < 1.29 is 4.39 Å². The van der Waals surface area contributed by atoms with Gasteiger partial charge in [0, 0.05) is 25.0 Å². The molecular formula is C38H67FN4. The second kappa shape index (κ2) is 27.9. The van der Waals surface area contributed by atoms with E-state index in [0.717, 1.165) is 29.9 Å². The van der Waals surface area contributed by atoms with Crippen LogP contribution in [0.15, 0.2) is 94.5 Å². The summed E-state index contributed by atoms with van der Waals surface area (Å²) in [7, 11) is 1.81. The summed E-state index contributed by atoms with van der Waals surface area (Å²) in [4.78, 5) is 8.50. The maximum absolute atomic E-state index is 13.6. The second-order valence-corrected chi connectivity index (χ2v) is 10.4. The summed E-state index contributed by atoms with van der Waals surface area (Å²) in [6.07, 6.45) is 17.1. The number of hydrogen-bond donors (Lipinski definition) is 2. The minimum atomic E-state index is -0.268. The Kier molecular flexibility index (Phi) is 28.8. The topological polar surface area (TPSA) is 48.8 Å². The molecule has 0 aromatic rings. The van der Waals surface area contributed by atoms with Gasteiger partial charge in [-0.2, -0.15) is 0 Å². The van der Waals surface area contributed by atoms with Crippen LogP contribution in [0.5, 0.6) is 0 Å². The first-order chi connectivity index (χ1) is 20.5. The van der Waals surface area contributed by atoms with E-state index in [1.807, 2.05) is 47.6 Å². The molecule has 2 unspecified atom stereocenters. The first kappa shape index (κ1) is 44.5. The summed E-state index contributed by atoms with van der Waals surface area (Å²) in [5, 5.41) is 6.16. The summed E-state index contributed by atoms with van der Waals surface area (Å²) in [6, 6.07) is 0. The smallest absolute Gasteiger partial charge is 0.125 e. The Bertz CT molecular complexity index is 964. The van der Waals surface area contributed by atoms with Crippen LogP contribution in [-0.2, 0) is 0 Å². The lowest BCUT2D eigenvalue weighted by Crippen LogP contribution is -2.24. The van der Waals surface area contributed by atoms with Gasteiger partial charge in [-0.25, -0.2) is 9.38 Å². The molecule has 5 heteroatoms. The molecule has 0 bridgehead atoms. The standard InChI is InChI=1S/C20H31FN4.C14H24.2C2H6/c1-8-16(4)19(21)11-10-15(3)12-24-18(6)20(9-2)25-14-23-13-17(5)22-7;1-5-9-14(13(4)6-2)10-7-12(3)8-11-14;2*1-2/h8,10-11,14-15,22,24H,1,5-6,9,12-13H2,2-4,7H3;7H,4-6,8-11H2,1-3H3;2*1-2H3/b11-10-,19-16+,23-14?,25-20?;;;. The zero-order chi connectivity index (χ0) is 33.8. The van der Waals surface area contributed by atoms with E-state index >= 15 is 0 Å². The molecule has 0 aromatic heterocycles. The molecule has 0 amide bonds. The molecule has 43 heavy (non-hydrogen) atoms. The van der Waals surface area contributed by atoms with E-state index in [1.54, 1.807) is 19.5 Å². The highest BCUT2D eigenvalue weighted by Crippen LogP contribution is 2.45. The van der Waals surface area contributed by atoms with Gasteiger partial charge in [0.2, 0.25) is 0 Å². The number of hydrogen-bond acceptors (Lipinski definition) is 3. The Balaban J connectivity index is -0.000000746. The van der Waals surface area contributed by atoms with E-state index in [0.29, 0.717) is 24.1 Å². The van der Waals surface area contributed by atoms with Gasteiger partial charge < -0.3 is 10.6 Å². The third-order valence-corrected chi connectivity index (χ3v) is 7.25. The van der Waals surface area contributed by atoms with Gasteiger partial charge in [-0.05, 0) is 75.4 Å². The van der Waals surface area contributed by atoms with E-state index < -0.39 is 0 Å². The molecule has 4 nitrogen and oxygen atoms in total. The quantitative estimate of drug-likeness (QED) is 0.0803. The third-order valence-electron chi connectivity index (χ3n) is 7.25. The molecule has 1 aliphatic carbocycles. The Morgan fingerprint density at radius 3 is 2.21 bits per heavy atom. The highest BCUT2D eigenvalue weighted by atomic mass is 19.1. The average molecular weight is 599 g/mol. The van der Waals surface area contributed by atoms with Crippen molar-refractivity contribution in [3.63, 3.8) is 0 Å². The number of likely N-dealkylation sites (N-methyl/N-ethyl adjacent to an activating group) is 1. The largest absolute Gasteiger partial charge is 0.390 e. The number of allylic oxidation sites excluding steroid dienone is 8. The molecule has 1 aliphatic rings. The fourth-order valence-corrected chi connectivity index (χ4v) is 4.24. The summed E-state index contributed by atoms with van der Waals surface area (Å²) in [5.41, 5.74) is 6.44. The molecule has 0 saturated heterocycles. The molecule has 0 aliphatic heterocycles. The molecule has 0 fully saturated rings. The minimum Gasteiger partial charge on any atom is -0.390 e. The molecule has 0 spiro atoms. The Morgan fingerprint density at radius 1 is 1.12 bits per heavy atom. The highest BCUT2D eigenvalue weighted by Gasteiger charge is 2.32. The molecule has 0 heterocycles. The summed E-state index contributed by atoms with van der Waals surface area (Å²) < 4.78 is 13.6. The number of aliphatic imine (C=N–C) groups is 2. The predicted octanol–water partition coefficient (Wildman–Crippen LogP) is 11.2. The van der Waals surface area contributed by atoms with Crippen LogP contribution in [0.3, 0.4) is 0 Å². The summed E-state index contributed by atoms with van der Waals surface area (Å²) in [5.74, 6) is -0.123. The lowest BCUT2D eigenvalue weighted by Gasteiger charge is -2.38. The molecular weight excluding hydrogens is 531 g/mol. The van der Waals surface area contributed by atoms with E-state index in [4.69, 9.17) is 0 Å². The van der Waals surface area contributed by atoms with E-state index in [-0.39, 0.29) is 11.7 Å². The molecule has 0 aromatic carbocycles. The van der Waals surface area contributed by atoms with Crippen molar-refractivity contribution in [1.29, 1.82) is 0 Å². The van der Waals surface area contributed by atoms with Gasteiger partial charge in [0.15, 0.2) is 0 Å². The van der Waals surface area contributed by atoms with E-state index in [1.165, 1.54) is 56.2 Å². The van der Waals surface area contributed by atoms with Gasteiger partial charge in [-0.15, -0.1) is 0 Å². The minimum absolute atomic E-state index is 0.144. The molecule has 1 rings (SSSR count). The zero-order valence-electron chi connectivity index (χ0n) is 29.9. The Hall–Kier alpha value is -2.95. The lowest BCUT2D eigenvalue weighted by atomic mass is 9.67. The molecule has 2 atom stereocenters. The fraction of sp³-hybridized carbons (Fsp3) is 0.579. The van der Waals surface area contributed by atoms with Crippen molar-refractivity contribution in [3.8, 4) is 0 Å². The molecule has 0 saturated carbocycles. The van der Waals surface area contributed by atoms with Crippen LogP contribution in [0.2, 0.25) is 0 Å². The van der Waals surface area contributed by atoms with Crippen LogP contribution >= 0.6 is 0 Å². The van der Waals surface area contributed by atoms with Crippen LogP contribution in [-0.4, -0.2) is 32.2 Å². The van der Waals surface area contributed by atoms with Crippen LogP contribution in [0.4, 0.5) is 4.39 Å². The molecule has 246 valence electrons. The average Bonchev–Trinajstić information content (AvgIpc) is 3.04. The number of halogens is 1. The van der Waals surface area contributed by atoms with Gasteiger partial charge >= 0.3 is 0 Å². The van der Waals surface area contributed by atoms with Crippen LogP contribution in [0.1, 0.15) is 114 Å². The van der Waals surface area contributed by atoms with Crippen molar-refractivity contribution in [2.24, 2.45) is 21.3 Å². The van der Waals surface area contributed by atoms with Crippen LogP contribution in [0.25, 0.3) is 0 Å². The fourth-order valence-electron chi connectivity index (χ4n) is 4.24. The van der Waals surface area contributed by atoms with Crippen molar-refractivity contribution in [2.75, 3.05) is 20.1 Å². The van der Waals surface area contributed by atoms with Crippen LogP contribution < -0.4 is 10.6 Å². The number of rotatable bonds is 16. The van der Waals surface area contributed by atoms with Crippen molar-refractivity contribution in [1.82, 2.24) is 10.6 Å². The highest BCUT2D eigenvalue weighted by molar-refractivity contribution is 6.02. The normalized spacial score (nSPS) is 17.5. The first-order valence-corrected chi connectivity index (χ1v) is 16.3. The maximum Gasteiger partial charge on any atom is 0.125 e. The van der Waals surface area contributed by atoms with Gasteiger partial charge in [0.05, 0.1) is 12.3 Å². The third kappa shape index (κ3) is 19.8. The summed E-state index contributed by atoms with van der Waals surface area (Å²) >= 11 is 0. The Morgan fingerprint density at radius 2 is 1.74 bits per heavy atom. The van der Waals surface area contributed by atoms with Gasteiger partial charge in [0.1, 0.15) is 12.2 Å². The van der Waals surface area contributed by atoms with Crippen molar-refractivity contribution in [3.05, 3.63) is 84.6 Å². The van der Waals surface area contributed by atoms with E-state index in [2.05, 4.69) is 73.8 Å². The van der Waals surface area contributed by atoms with Crippen LogP contribution in [0, 0.1) is 11.3 Å². The number of nitrogens with one attached hydrogen (secondary N) is 2. The SMILES string of the molecule is C=C(CC)C1(CCC)CC=C(C)CC1.C=C/C(C)=C(F)\C=C/C(C)CNC(=C)C(CC)=NC=NCC(=C)NC.CC.CC. The first-order valence-electron chi connectivity index (χ1n) is 16.3.